The van der Waals surface area contributed by atoms with Crippen LogP contribution in [0.1, 0.15) is 71.9 Å². The number of fused-ring (bicyclic) bond motifs is 9. The molecule has 5 aromatic carbocycles. The summed E-state index contributed by atoms with van der Waals surface area (Å²) in [4.78, 5) is 0. The molecule has 0 radical (unpaired) electrons. The summed E-state index contributed by atoms with van der Waals surface area (Å²) in [5.74, 6) is 4.83. The molecule has 5 aliphatic carbocycles. The number of hydrogen-bond donors (Lipinski definition) is 0. The third-order valence-electron chi connectivity index (χ3n) is 12.0. The summed E-state index contributed by atoms with van der Waals surface area (Å²) in [5, 5.41) is 0. The summed E-state index contributed by atoms with van der Waals surface area (Å²) >= 11 is 0. The topological polar surface area (TPSA) is 9.23 Å². The third-order valence-corrected chi connectivity index (χ3v) is 12.0. The molecule has 0 amide bonds. The molecule has 0 aromatic heterocycles. The summed E-state index contributed by atoms with van der Waals surface area (Å²) in [5.41, 5.74) is 13.1. The highest BCUT2D eigenvalue weighted by molar-refractivity contribution is 5.90. The average molecular weight is 557 g/mol. The van der Waals surface area contributed by atoms with Crippen LogP contribution in [0.5, 0.6) is 11.5 Å². The molecule has 1 aliphatic heterocycles. The minimum absolute atomic E-state index is 0.412. The molecule has 210 valence electrons. The van der Waals surface area contributed by atoms with Crippen molar-refractivity contribution in [2.75, 3.05) is 0 Å². The van der Waals surface area contributed by atoms with Gasteiger partial charge in [-0.3, -0.25) is 0 Å². The van der Waals surface area contributed by atoms with Gasteiger partial charge < -0.3 is 4.74 Å². The van der Waals surface area contributed by atoms with Crippen LogP contribution in [0.3, 0.4) is 0 Å². The lowest BCUT2D eigenvalue weighted by Crippen LogP contribution is -2.48. The van der Waals surface area contributed by atoms with Gasteiger partial charge in [0.05, 0.1) is 5.41 Å². The van der Waals surface area contributed by atoms with Crippen LogP contribution in [-0.2, 0) is 10.8 Å². The molecule has 43 heavy (non-hydrogen) atoms. The molecule has 4 bridgehead atoms. The quantitative estimate of drug-likeness (QED) is 0.206. The third kappa shape index (κ3) is 3.13. The molecular formula is C42H36O. The molecule has 1 heterocycles. The van der Waals surface area contributed by atoms with E-state index < -0.39 is 5.41 Å². The fourth-order valence-electron chi connectivity index (χ4n) is 10.8. The van der Waals surface area contributed by atoms with E-state index in [-0.39, 0.29) is 0 Å². The van der Waals surface area contributed by atoms with E-state index in [2.05, 4.69) is 116 Å². The summed E-state index contributed by atoms with van der Waals surface area (Å²) < 4.78 is 6.99. The van der Waals surface area contributed by atoms with Gasteiger partial charge in [0.1, 0.15) is 11.5 Å². The fourth-order valence-corrected chi connectivity index (χ4v) is 10.8. The van der Waals surface area contributed by atoms with E-state index in [9.17, 15) is 0 Å². The van der Waals surface area contributed by atoms with Gasteiger partial charge in [0.15, 0.2) is 0 Å². The smallest absolute Gasteiger partial charge is 0.140 e. The second kappa shape index (κ2) is 8.50. The van der Waals surface area contributed by atoms with E-state index in [1.807, 2.05) is 0 Å². The second-order valence-corrected chi connectivity index (χ2v) is 14.3. The maximum absolute atomic E-state index is 6.99. The van der Waals surface area contributed by atoms with Crippen molar-refractivity contribution in [2.45, 2.75) is 56.3 Å². The van der Waals surface area contributed by atoms with Crippen molar-refractivity contribution in [3.8, 4) is 33.8 Å². The molecule has 4 saturated carbocycles. The van der Waals surface area contributed by atoms with Gasteiger partial charge in [-0.1, -0.05) is 103 Å². The van der Waals surface area contributed by atoms with Crippen LogP contribution in [-0.4, -0.2) is 0 Å². The standard InChI is InChI=1S/C42H36O/c1-26-14-19-37-40(39(26)30-15-17-31(18-16-30)41-23-27-20-28(24-41)22-29(21-27)25-41)43-38-13-7-6-12-36(38)42(37)34-10-4-2-8-32(34)33-9-3-5-11-35(33)42/h2-19,27-29H,20-25H2,1H3. The lowest BCUT2D eigenvalue weighted by atomic mass is 9.48. The molecule has 0 atom stereocenters. The zero-order chi connectivity index (χ0) is 28.3. The van der Waals surface area contributed by atoms with Gasteiger partial charge in [-0.15, -0.1) is 0 Å². The van der Waals surface area contributed by atoms with Crippen molar-refractivity contribution in [3.05, 3.63) is 143 Å². The van der Waals surface area contributed by atoms with Crippen molar-refractivity contribution in [1.29, 1.82) is 0 Å². The van der Waals surface area contributed by atoms with Gasteiger partial charge in [0.25, 0.3) is 0 Å². The van der Waals surface area contributed by atoms with Gasteiger partial charge in [-0.2, -0.15) is 0 Å². The molecule has 0 N–H and O–H groups in total. The van der Waals surface area contributed by atoms with Gasteiger partial charge in [0.2, 0.25) is 0 Å². The number of hydrogen-bond acceptors (Lipinski definition) is 1. The van der Waals surface area contributed by atoms with Crippen molar-refractivity contribution in [1.82, 2.24) is 0 Å². The Morgan fingerprint density at radius 2 is 1.12 bits per heavy atom. The van der Waals surface area contributed by atoms with Crippen molar-refractivity contribution in [3.63, 3.8) is 0 Å². The first kappa shape index (κ1) is 24.4. The first-order chi connectivity index (χ1) is 21.1. The minimum atomic E-state index is -0.418. The lowest BCUT2D eigenvalue weighted by molar-refractivity contribution is -0.00518. The van der Waals surface area contributed by atoms with E-state index in [0.29, 0.717) is 5.41 Å². The summed E-state index contributed by atoms with van der Waals surface area (Å²) in [6, 6.07) is 41.1. The van der Waals surface area contributed by atoms with Crippen LogP contribution in [0.4, 0.5) is 0 Å². The zero-order valence-corrected chi connectivity index (χ0v) is 24.8. The predicted molar refractivity (Wildman–Crippen MR) is 174 cm³/mol. The Hall–Kier alpha value is -4.10. The number of rotatable bonds is 2. The van der Waals surface area contributed by atoms with E-state index in [0.717, 1.165) is 29.3 Å². The predicted octanol–water partition coefficient (Wildman–Crippen LogP) is 10.6. The summed E-state index contributed by atoms with van der Waals surface area (Å²) in [6.07, 6.45) is 8.66. The Balaban J connectivity index is 1.18. The maximum Gasteiger partial charge on any atom is 0.140 e. The van der Waals surface area contributed by atoms with Crippen molar-refractivity contribution < 1.29 is 4.74 Å². The van der Waals surface area contributed by atoms with Crippen molar-refractivity contribution in [2.24, 2.45) is 17.8 Å². The number of benzene rings is 5. The number of aryl methyl sites for hydroxylation is 1. The molecule has 11 rings (SSSR count). The van der Waals surface area contributed by atoms with Crippen LogP contribution >= 0.6 is 0 Å². The van der Waals surface area contributed by atoms with Crippen LogP contribution in [0.2, 0.25) is 0 Å². The molecule has 5 aromatic rings. The maximum atomic E-state index is 6.99. The zero-order valence-electron chi connectivity index (χ0n) is 24.8. The van der Waals surface area contributed by atoms with Crippen LogP contribution < -0.4 is 4.74 Å². The molecule has 1 nitrogen and oxygen atoms in total. The lowest BCUT2D eigenvalue weighted by Gasteiger charge is -2.57. The Bertz CT molecular complexity index is 1860. The SMILES string of the molecule is Cc1ccc2c(c1-c1ccc(C34CC5CC(CC(C5)C3)C4)cc1)Oc1ccccc1C21c2ccccc2-c2ccccc21. The van der Waals surface area contributed by atoms with Gasteiger partial charge >= 0.3 is 0 Å². The van der Waals surface area contributed by atoms with Crippen LogP contribution in [0.25, 0.3) is 22.3 Å². The minimum Gasteiger partial charge on any atom is -0.456 e. The highest BCUT2D eigenvalue weighted by atomic mass is 16.5. The van der Waals surface area contributed by atoms with Crippen molar-refractivity contribution >= 4 is 0 Å². The van der Waals surface area contributed by atoms with Crippen LogP contribution in [0.15, 0.2) is 109 Å². The Morgan fingerprint density at radius 1 is 0.558 bits per heavy atom. The van der Waals surface area contributed by atoms with E-state index in [1.165, 1.54) is 88.6 Å². The molecule has 1 spiro atoms. The number of ether oxygens (including phenoxy) is 1. The molecule has 1 heteroatoms. The first-order valence-electron chi connectivity index (χ1n) is 16.4. The average Bonchev–Trinajstić information content (AvgIpc) is 3.32. The van der Waals surface area contributed by atoms with Gasteiger partial charge in [-0.25, -0.2) is 0 Å². The Labute approximate surface area is 254 Å². The normalized spacial score (nSPS) is 26.4. The monoisotopic (exact) mass is 556 g/mol. The highest BCUT2D eigenvalue weighted by Gasteiger charge is 2.53. The molecule has 0 saturated heterocycles. The van der Waals surface area contributed by atoms with Gasteiger partial charge in [-0.05, 0) is 114 Å². The summed E-state index contributed by atoms with van der Waals surface area (Å²) in [6.45, 7) is 2.25. The molecule has 6 aliphatic rings. The van der Waals surface area contributed by atoms with Gasteiger partial charge in [0, 0.05) is 16.7 Å². The molecular weight excluding hydrogens is 520 g/mol. The van der Waals surface area contributed by atoms with E-state index in [1.54, 1.807) is 5.56 Å². The van der Waals surface area contributed by atoms with E-state index in [4.69, 9.17) is 4.74 Å². The first-order valence-corrected chi connectivity index (χ1v) is 16.4. The number of para-hydroxylation sites is 1. The van der Waals surface area contributed by atoms with Crippen LogP contribution in [0, 0.1) is 24.7 Å². The summed E-state index contributed by atoms with van der Waals surface area (Å²) in [7, 11) is 0. The largest absolute Gasteiger partial charge is 0.456 e. The Morgan fingerprint density at radius 3 is 1.74 bits per heavy atom. The highest BCUT2D eigenvalue weighted by Crippen LogP contribution is 2.64. The van der Waals surface area contributed by atoms with E-state index >= 15 is 0 Å². The molecule has 0 unspecified atom stereocenters. The fraction of sp³-hybridized carbons (Fsp3) is 0.286. The second-order valence-electron chi connectivity index (χ2n) is 14.3. The Kier molecular flexibility index (Phi) is 4.82. The molecule has 4 fully saturated rings.